The number of ether oxygens (including phenoxy) is 2. The monoisotopic (exact) mass is 244 g/mol. The maximum absolute atomic E-state index is 11.4. The van der Waals surface area contributed by atoms with Crippen LogP contribution in [-0.4, -0.2) is 23.7 Å². The number of carbonyl (C=O) groups is 1. The average molecular weight is 244 g/mol. The Hall–Kier alpha value is -0.770. The molecular formula is C13H24O4. The smallest absolute Gasteiger partial charge is 0.431 e. The van der Waals surface area contributed by atoms with E-state index in [9.17, 15) is 4.79 Å². The second kappa shape index (κ2) is 6.24. The van der Waals surface area contributed by atoms with Crippen LogP contribution >= 0.6 is 0 Å². The van der Waals surface area contributed by atoms with Crippen LogP contribution in [0.5, 0.6) is 0 Å². The highest BCUT2D eigenvalue weighted by Gasteiger charge is 2.33. The molecule has 1 aliphatic carbocycles. The highest BCUT2D eigenvalue weighted by Crippen LogP contribution is 2.35. The lowest BCUT2D eigenvalue weighted by molar-refractivity contribution is -0.0941. The van der Waals surface area contributed by atoms with Crippen LogP contribution in [0.25, 0.3) is 0 Å². The lowest BCUT2D eigenvalue weighted by Gasteiger charge is -2.36. The molecule has 4 heteroatoms. The third-order valence-electron chi connectivity index (χ3n) is 3.48. The van der Waals surface area contributed by atoms with E-state index in [1.165, 1.54) is 13.3 Å². The first-order valence-corrected chi connectivity index (χ1v) is 6.45. The average Bonchev–Trinajstić information content (AvgIpc) is 2.15. The molecular weight excluding hydrogens is 220 g/mol. The summed E-state index contributed by atoms with van der Waals surface area (Å²) in [5.41, 5.74) is 0. The summed E-state index contributed by atoms with van der Waals surface area (Å²) in [6.45, 7) is 7.87. The van der Waals surface area contributed by atoms with E-state index >= 15 is 0 Å². The molecule has 0 aliphatic heterocycles. The number of hydrogen-bond donors (Lipinski definition) is 1. The Bertz CT molecular complexity index is 250. The van der Waals surface area contributed by atoms with Crippen molar-refractivity contribution in [3.05, 3.63) is 0 Å². The third-order valence-corrected chi connectivity index (χ3v) is 3.48. The Morgan fingerprint density at radius 2 is 1.94 bits per heavy atom. The summed E-state index contributed by atoms with van der Waals surface area (Å²) in [4.78, 5) is 11.4. The fraction of sp³-hybridized carbons (Fsp3) is 0.923. The SMILES string of the molecule is CC1CCC(C(C)C)C(OC(=O)OC(C)O)C1. The standard InChI is InChI=1S/C13H24O4/c1-8(2)11-6-5-9(3)7-12(11)17-13(15)16-10(4)14/h8-12,14H,5-7H2,1-4H3. The van der Waals surface area contributed by atoms with Gasteiger partial charge in [-0.1, -0.05) is 27.2 Å². The number of hydrogen-bond acceptors (Lipinski definition) is 4. The van der Waals surface area contributed by atoms with Gasteiger partial charge in [0.2, 0.25) is 6.29 Å². The van der Waals surface area contributed by atoms with Crippen LogP contribution in [0, 0.1) is 17.8 Å². The number of aliphatic hydroxyl groups excluding tert-OH is 1. The Morgan fingerprint density at radius 1 is 1.29 bits per heavy atom. The molecule has 0 saturated heterocycles. The first-order chi connectivity index (χ1) is 7.90. The Balaban J connectivity index is 2.54. The van der Waals surface area contributed by atoms with Crippen LogP contribution in [0.1, 0.15) is 47.0 Å². The molecule has 0 aromatic rings. The van der Waals surface area contributed by atoms with Crippen molar-refractivity contribution in [2.45, 2.75) is 59.4 Å². The van der Waals surface area contributed by atoms with Crippen molar-refractivity contribution >= 4 is 6.16 Å². The van der Waals surface area contributed by atoms with E-state index < -0.39 is 12.4 Å². The van der Waals surface area contributed by atoms with E-state index in [0.29, 0.717) is 17.8 Å². The molecule has 0 aromatic carbocycles. The molecule has 1 aliphatic rings. The van der Waals surface area contributed by atoms with Gasteiger partial charge in [-0.2, -0.15) is 0 Å². The lowest BCUT2D eigenvalue weighted by Crippen LogP contribution is -2.36. The first-order valence-electron chi connectivity index (χ1n) is 6.45. The highest BCUT2D eigenvalue weighted by molar-refractivity contribution is 5.60. The largest absolute Gasteiger partial charge is 0.510 e. The Kier molecular flexibility index (Phi) is 5.25. The van der Waals surface area contributed by atoms with Gasteiger partial charge in [0.25, 0.3) is 0 Å². The normalized spacial score (nSPS) is 31.1. The minimum absolute atomic E-state index is 0.0787. The summed E-state index contributed by atoms with van der Waals surface area (Å²) in [6, 6.07) is 0. The molecule has 0 heterocycles. The van der Waals surface area contributed by atoms with Crippen molar-refractivity contribution in [3.63, 3.8) is 0 Å². The zero-order valence-corrected chi connectivity index (χ0v) is 11.2. The van der Waals surface area contributed by atoms with Crippen molar-refractivity contribution < 1.29 is 19.4 Å². The van der Waals surface area contributed by atoms with Crippen LogP contribution in [0.15, 0.2) is 0 Å². The van der Waals surface area contributed by atoms with Crippen molar-refractivity contribution in [2.75, 3.05) is 0 Å². The first kappa shape index (κ1) is 14.3. The molecule has 1 saturated carbocycles. The summed E-state index contributed by atoms with van der Waals surface area (Å²) in [6.07, 6.45) is 1.22. The van der Waals surface area contributed by atoms with Gasteiger partial charge in [-0.3, -0.25) is 0 Å². The molecule has 0 radical (unpaired) electrons. The van der Waals surface area contributed by atoms with E-state index in [1.807, 2.05) is 0 Å². The molecule has 100 valence electrons. The van der Waals surface area contributed by atoms with Crippen molar-refractivity contribution in [3.8, 4) is 0 Å². The van der Waals surface area contributed by atoms with Crippen LogP contribution in [0.3, 0.4) is 0 Å². The molecule has 1 N–H and O–H groups in total. The molecule has 4 atom stereocenters. The summed E-state index contributed by atoms with van der Waals surface area (Å²) < 4.78 is 9.94. The van der Waals surface area contributed by atoms with Gasteiger partial charge in [0.05, 0.1) is 0 Å². The van der Waals surface area contributed by atoms with Crippen molar-refractivity contribution in [1.29, 1.82) is 0 Å². The number of rotatable bonds is 3. The minimum Gasteiger partial charge on any atom is -0.431 e. The van der Waals surface area contributed by atoms with Crippen LogP contribution in [0.2, 0.25) is 0 Å². The van der Waals surface area contributed by atoms with E-state index in [2.05, 4.69) is 25.5 Å². The van der Waals surface area contributed by atoms with Gasteiger partial charge in [0.1, 0.15) is 6.10 Å². The van der Waals surface area contributed by atoms with E-state index in [1.54, 1.807) is 0 Å². The third kappa shape index (κ3) is 4.54. The molecule has 4 nitrogen and oxygen atoms in total. The Morgan fingerprint density at radius 3 is 2.47 bits per heavy atom. The maximum atomic E-state index is 11.4. The van der Waals surface area contributed by atoms with Crippen LogP contribution in [0.4, 0.5) is 4.79 Å². The quantitative estimate of drug-likeness (QED) is 0.612. The lowest BCUT2D eigenvalue weighted by atomic mass is 9.75. The van der Waals surface area contributed by atoms with Crippen LogP contribution in [-0.2, 0) is 9.47 Å². The van der Waals surface area contributed by atoms with Gasteiger partial charge in [-0.25, -0.2) is 4.79 Å². The number of aliphatic hydroxyl groups is 1. The van der Waals surface area contributed by atoms with Crippen molar-refractivity contribution in [2.24, 2.45) is 17.8 Å². The van der Waals surface area contributed by atoms with Gasteiger partial charge < -0.3 is 14.6 Å². The molecule has 0 bridgehead atoms. The fourth-order valence-corrected chi connectivity index (χ4v) is 2.54. The minimum atomic E-state index is -1.11. The second-order valence-corrected chi connectivity index (χ2v) is 5.45. The topological polar surface area (TPSA) is 55.8 Å². The highest BCUT2D eigenvalue weighted by atomic mass is 16.8. The molecule has 1 fully saturated rings. The molecule has 0 spiro atoms. The molecule has 17 heavy (non-hydrogen) atoms. The van der Waals surface area contributed by atoms with Gasteiger partial charge >= 0.3 is 6.16 Å². The van der Waals surface area contributed by atoms with Gasteiger partial charge in [-0.05, 0) is 37.5 Å². The van der Waals surface area contributed by atoms with Crippen molar-refractivity contribution in [1.82, 2.24) is 0 Å². The van der Waals surface area contributed by atoms with E-state index in [-0.39, 0.29) is 6.10 Å². The summed E-state index contributed by atoms with van der Waals surface area (Å²) in [7, 11) is 0. The second-order valence-electron chi connectivity index (χ2n) is 5.45. The molecule has 1 rings (SSSR count). The molecule has 0 aromatic heterocycles. The van der Waals surface area contributed by atoms with Gasteiger partial charge in [0.15, 0.2) is 0 Å². The summed E-state index contributed by atoms with van der Waals surface area (Å²) in [5, 5.41) is 8.96. The predicted molar refractivity (Wildman–Crippen MR) is 64.4 cm³/mol. The fourth-order valence-electron chi connectivity index (χ4n) is 2.54. The molecule has 4 unspecified atom stereocenters. The van der Waals surface area contributed by atoms with E-state index in [4.69, 9.17) is 9.84 Å². The zero-order chi connectivity index (χ0) is 13.0. The van der Waals surface area contributed by atoms with Gasteiger partial charge in [-0.15, -0.1) is 0 Å². The summed E-state index contributed by atoms with van der Waals surface area (Å²) in [5.74, 6) is 1.47. The maximum Gasteiger partial charge on any atom is 0.510 e. The van der Waals surface area contributed by atoms with Crippen LogP contribution < -0.4 is 0 Å². The predicted octanol–water partition coefficient (Wildman–Crippen LogP) is 2.94. The summed E-state index contributed by atoms with van der Waals surface area (Å²) >= 11 is 0. The van der Waals surface area contributed by atoms with Gasteiger partial charge in [0, 0.05) is 0 Å². The Labute approximate surface area is 103 Å². The zero-order valence-electron chi connectivity index (χ0n) is 11.2. The number of carbonyl (C=O) groups excluding carboxylic acids is 1. The molecule has 0 amide bonds. The van der Waals surface area contributed by atoms with E-state index in [0.717, 1.165) is 12.8 Å².